The third-order valence-electron chi connectivity index (χ3n) is 5.47. The van der Waals surface area contributed by atoms with Gasteiger partial charge in [-0.25, -0.2) is 0 Å². The van der Waals surface area contributed by atoms with Crippen LogP contribution in [0.4, 0.5) is 5.69 Å². The molecule has 0 aromatic heterocycles. The first-order valence-electron chi connectivity index (χ1n) is 11.0. The van der Waals surface area contributed by atoms with Crippen molar-refractivity contribution >= 4 is 34.7 Å². The summed E-state index contributed by atoms with van der Waals surface area (Å²) in [5.74, 6) is -0.853. The fraction of sp³-hybridized carbons (Fsp3) is 0.185. The molecule has 7 heteroatoms. The molecule has 174 valence electrons. The maximum absolute atomic E-state index is 13.3. The molecule has 0 radical (unpaired) electrons. The number of amides is 1. The molecule has 0 spiro atoms. The second kappa shape index (κ2) is 10.0. The van der Waals surface area contributed by atoms with Gasteiger partial charge >= 0.3 is 0 Å². The van der Waals surface area contributed by atoms with Crippen molar-refractivity contribution in [1.82, 2.24) is 0 Å². The number of aliphatic hydroxyl groups excluding tert-OH is 1. The number of anilines is 1. The summed E-state index contributed by atoms with van der Waals surface area (Å²) < 4.78 is 11.1. The molecular formula is C27H24ClNO5. The molecule has 1 fully saturated rings. The maximum atomic E-state index is 13.3. The average molecular weight is 478 g/mol. The van der Waals surface area contributed by atoms with E-state index >= 15 is 0 Å². The minimum absolute atomic E-state index is 0.0113. The summed E-state index contributed by atoms with van der Waals surface area (Å²) in [6.45, 7) is 4.53. The number of aliphatic hydroxyl groups is 1. The second-order valence-corrected chi connectivity index (χ2v) is 8.00. The van der Waals surface area contributed by atoms with Crippen molar-refractivity contribution in [3.05, 3.63) is 94.5 Å². The Bertz CT molecular complexity index is 1250. The third kappa shape index (κ3) is 4.37. The number of rotatable bonds is 7. The number of nitrogens with zero attached hydrogens (tertiary/aromatic N) is 1. The molecule has 0 aliphatic carbocycles. The van der Waals surface area contributed by atoms with Gasteiger partial charge in [-0.05, 0) is 49.7 Å². The first kappa shape index (κ1) is 23.4. The highest BCUT2D eigenvalue weighted by Crippen LogP contribution is 2.43. The predicted octanol–water partition coefficient (Wildman–Crippen LogP) is 5.76. The highest BCUT2D eigenvalue weighted by Gasteiger charge is 2.47. The summed E-state index contributed by atoms with van der Waals surface area (Å²) in [6.07, 6.45) is 0. The van der Waals surface area contributed by atoms with E-state index in [9.17, 15) is 14.7 Å². The fourth-order valence-electron chi connectivity index (χ4n) is 4.01. The van der Waals surface area contributed by atoms with Crippen LogP contribution in [0.3, 0.4) is 0 Å². The van der Waals surface area contributed by atoms with Crippen LogP contribution in [-0.4, -0.2) is 30.0 Å². The number of benzene rings is 3. The molecule has 4 rings (SSSR count). The van der Waals surface area contributed by atoms with Gasteiger partial charge in [0.2, 0.25) is 0 Å². The summed E-state index contributed by atoms with van der Waals surface area (Å²) in [7, 11) is 0. The summed E-state index contributed by atoms with van der Waals surface area (Å²) in [5, 5.41) is 11.7. The summed E-state index contributed by atoms with van der Waals surface area (Å²) in [4.78, 5) is 27.9. The smallest absolute Gasteiger partial charge is 0.300 e. The molecule has 1 aliphatic rings. The van der Waals surface area contributed by atoms with Crippen molar-refractivity contribution < 1.29 is 24.2 Å². The zero-order valence-electron chi connectivity index (χ0n) is 18.8. The summed E-state index contributed by atoms with van der Waals surface area (Å²) in [5.41, 5.74) is 1.49. The standard InChI is InChI=1S/C27H24ClNO5/c1-3-33-20-12-8-11-19(16-20)29-24(17-9-6-5-7-10-17)23(26(31)27(29)32)25(30)18-13-14-21(28)22(15-18)34-4-2/h5-16,24,30H,3-4H2,1-2H3/b25-23+. The quantitative estimate of drug-likeness (QED) is 0.266. The van der Waals surface area contributed by atoms with Gasteiger partial charge in [-0.1, -0.05) is 48.0 Å². The van der Waals surface area contributed by atoms with Crippen molar-refractivity contribution in [2.75, 3.05) is 18.1 Å². The first-order chi connectivity index (χ1) is 16.5. The number of carbonyl (C=O) groups is 2. The van der Waals surface area contributed by atoms with Crippen LogP contribution in [0.25, 0.3) is 5.76 Å². The first-order valence-corrected chi connectivity index (χ1v) is 11.4. The lowest BCUT2D eigenvalue weighted by Crippen LogP contribution is -2.29. The normalized spacial score (nSPS) is 17.1. The van der Waals surface area contributed by atoms with E-state index in [2.05, 4.69) is 0 Å². The van der Waals surface area contributed by atoms with Crippen LogP contribution >= 0.6 is 11.6 Å². The van der Waals surface area contributed by atoms with E-state index in [1.807, 2.05) is 44.2 Å². The van der Waals surface area contributed by atoms with Gasteiger partial charge in [-0.3, -0.25) is 14.5 Å². The van der Waals surface area contributed by atoms with Crippen LogP contribution in [0, 0.1) is 0 Å². The van der Waals surface area contributed by atoms with Gasteiger partial charge in [0.25, 0.3) is 11.7 Å². The Hall–Kier alpha value is -3.77. The molecule has 1 heterocycles. The van der Waals surface area contributed by atoms with E-state index < -0.39 is 17.7 Å². The molecule has 3 aromatic rings. The molecule has 1 atom stereocenters. The molecule has 1 N–H and O–H groups in total. The molecule has 0 bridgehead atoms. The van der Waals surface area contributed by atoms with Crippen LogP contribution in [0.15, 0.2) is 78.4 Å². The lowest BCUT2D eigenvalue weighted by molar-refractivity contribution is -0.132. The fourth-order valence-corrected chi connectivity index (χ4v) is 4.18. The number of hydrogen-bond donors (Lipinski definition) is 1. The van der Waals surface area contributed by atoms with Gasteiger partial charge in [0.15, 0.2) is 0 Å². The van der Waals surface area contributed by atoms with Crippen LogP contribution in [0.2, 0.25) is 5.02 Å². The van der Waals surface area contributed by atoms with Crippen LogP contribution in [0.1, 0.15) is 31.0 Å². The van der Waals surface area contributed by atoms with Crippen molar-refractivity contribution in [3.63, 3.8) is 0 Å². The Morgan fingerprint density at radius 3 is 2.38 bits per heavy atom. The van der Waals surface area contributed by atoms with Gasteiger partial charge in [-0.2, -0.15) is 0 Å². The minimum Gasteiger partial charge on any atom is -0.507 e. The van der Waals surface area contributed by atoms with E-state index in [0.29, 0.717) is 46.5 Å². The second-order valence-electron chi connectivity index (χ2n) is 7.59. The van der Waals surface area contributed by atoms with Gasteiger partial charge in [0.05, 0.1) is 29.9 Å². The summed E-state index contributed by atoms with van der Waals surface area (Å²) in [6, 6.07) is 20.0. The number of Topliss-reactive ketones (excluding diaryl/α,β-unsaturated/α-hetero) is 1. The molecule has 1 aliphatic heterocycles. The molecular weight excluding hydrogens is 454 g/mol. The van der Waals surface area contributed by atoms with Gasteiger partial charge < -0.3 is 14.6 Å². The Labute approximate surface area is 203 Å². The number of halogens is 1. The average Bonchev–Trinajstić information content (AvgIpc) is 3.11. The van der Waals surface area contributed by atoms with E-state index in [1.54, 1.807) is 42.5 Å². The Morgan fingerprint density at radius 2 is 1.68 bits per heavy atom. The summed E-state index contributed by atoms with van der Waals surface area (Å²) >= 11 is 6.20. The number of carbonyl (C=O) groups excluding carboxylic acids is 2. The number of ketones is 1. The molecule has 34 heavy (non-hydrogen) atoms. The van der Waals surface area contributed by atoms with E-state index in [4.69, 9.17) is 21.1 Å². The van der Waals surface area contributed by atoms with E-state index in [0.717, 1.165) is 0 Å². The zero-order chi connectivity index (χ0) is 24.2. The van der Waals surface area contributed by atoms with Crippen LogP contribution < -0.4 is 14.4 Å². The molecule has 1 amide bonds. The van der Waals surface area contributed by atoms with Crippen molar-refractivity contribution in [1.29, 1.82) is 0 Å². The number of hydrogen-bond acceptors (Lipinski definition) is 5. The molecule has 1 unspecified atom stereocenters. The number of ether oxygens (including phenoxy) is 2. The highest BCUT2D eigenvalue weighted by atomic mass is 35.5. The monoisotopic (exact) mass is 477 g/mol. The molecule has 6 nitrogen and oxygen atoms in total. The minimum atomic E-state index is -0.829. The van der Waals surface area contributed by atoms with Crippen molar-refractivity contribution in [2.24, 2.45) is 0 Å². The topological polar surface area (TPSA) is 76.1 Å². The Balaban J connectivity index is 1.90. The van der Waals surface area contributed by atoms with E-state index in [-0.39, 0.29) is 11.3 Å². The van der Waals surface area contributed by atoms with Gasteiger partial charge in [0, 0.05) is 17.3 Å². The van der Waals surface area contributed by atoms with Crippen LogP contribution in [-0.2, 0) is 9.59 Å². The Kier molecular flexibility index (Phi) is 6.89. The van der Waals surface area contributed by atoms with Crippen molar-refractivity contribution in [2.45, 2.75) is 19.9 Å². The molecule has 0 saturated carbocycles. The predicted molar refractivity (Wildman–Crippen MR) is 131 cm³/mol. The third-order valence-corrected chi connectivity index (χ3v) is 5.78. The highest BCUT2D eigenvalue weighted by molar-refractivity contribution is 6.51. The van der Waals surface area contributed by atoms with Gasteiger partial charge in [0.1, 0.15) is 17.3 Å². The van der Waals surface area contributed by atoms with Gasteiger partial charge in [-0.15, -0.1) is 0 Å². The van der Waals surface area contributed by atoms with E-state index in [1.165, 1.54) is 4.90 Å². The SMILES string of the molecule is CCOc1cccc(N2C(=O)C(=O)/C(=C(/O)c3ccc(Cl)c(OCC)c3)C2c2ccccc2)c1. The van der Waals surface area contributed by atoms with Crippen LogP contribution in [0.5, 0.6) is 11.5 Å². The Morgan fingerprint density at radius 1 is 0.941 bits per heavy atom. The molecule has 1 saturated heterocycles. The lowest BCUT2D eigenvalue weighted by Gasteiger charge is -2.25. The lowest BCUT2D eigenvalue weighted by atomic mass is 9.95. The maximum Gasteiger partial charge on any atom is 0.300 e. The zero-order valence-corrected chi connectivity index (χ0v) is 19.6. The molecule has 3 aromatic carbocycles. The largest absolute Gasteiger partial charge is 0.507 e. The van der Waals surface area contributed by atoms with Crippen molar-refractivity contribution in [3.8, 4) is 11.5 Å².